The number of methoxy groups -OCH3 is 1. The molecular formula is C31H28N4O3. The van der Waals surface area contributed by atoms with Gasteiger partial charge in [0.1, 0.15) is 12.4 Å². The lowest BCUT2D eigenvalue weighted by molar-refractivity contribution is -0.117. The zero-order chi connectivity index (χ0) is 26.3. The molecule has 0 spiro atoms. The van der Waals surface area contributed by atoms with Gasteiger partial charge in [0.25, 0.3) is 5.91 Å². The number of carbonyl (C=O) groups excluding carboxylic acids is 2. The van der Waals surface area contributed by atoms with E-state index in [1.54, 1.807) is 17.9 Å². The molecule has 0 aliphatic rings. The van der Waals surface area contributed by atoms with Gasteiger partial charge in [0.2, 0.25) is 5.91 Å². The Kier molecular flexibility index (Phi) is 7.57. The number of hydrogen-bond acceptors (Lipinski definition) is 4. The largest absolute Gasteiger partial charge is 0.383 e. The van der Waals surface area contributed by atoms with Gasteiger partial charge in [-0.1, -0.05) is 78.9 Å². The molecule has 0 radical (unpaired) electrons. The van der Waals surface area contributed by atoms with E-state index < -0.39 is 0 Å². The predicted molar refractivity (Wildman–Crippen MR) is 149 cm³/mol. The van der Waals surface area contributed by atoms with Crippen molar-refractivity contribution in [3.8, 4) is 16.9 Å². The predicted octanol–water partition coefficient (Wildman–Crippen LogP) is 5.42. The van der Waals surface area contributed by atoms with E-state index >= 15 is 0 Å². The Balaban J connectivity index is 1.40. The molecule has 2 amide bonds. The summed E-state index contributed by atoms with van der Waals surface area (Å²) in [5.41, 5.74) is 3.00. The molecule has 1 aromatic heterocycles. The lowest BCUT2D eigenvalue weighted by Gasteiger charge is -2.22. The van der Waals surface area contributed by atoms with Crippen molar-refractivity contribution in [1.82, 2.24) is 14.7 Å². The SMILES string of the molecule is COCCN(CC(=O)Nc1cc(-c2ccccc2)nn1-c1ccccc1)C(=O)c1ccc2ccccc2c1. The van der Waals surface area contributed by atoms with Crippen LogP contribution in [-0.4, -0.2) is 53.3 Å². The fourth-order valence-corrected chi connectivity index (χ4v) is 4.30. The van der Waals surface area contributed by atoms with Gasteiger partial charge in [-0.2, -0.15) is 5.10 Å². The van der Waals surface area contributed by atoms with E-state index in [-0.39, 0.29) is 24.9 Å². The van der Waals surface area contributed by atoms with Crippen LogP contribution in [0.3, 0.4) is 0 Å². The first-order valence-electron chi connectivity index (χ1n) is 12.4. The minimum Gasteiger partial charge on any atom is -0.383 e. The van der Waals surface area contributed by atoms with Gasteiger partial charge in [-0.05, 0) is 35.0 Å². The lowest BCUT2D eigenvalue weighted by Crippen LogP contribution is -2.40. The Labute approximate surface area is 221 Å². The number of nitrogens with zero attached hydrogens (tertiary/aromatic N) is 3. The van der Waals surface area contributed by atoms with E-state index in [9.17, 15) is 9.59 Å². The highest BCUT2D eigenvalue weighted by Crippen LogP contribution is 2.25. The summed E-state index contributed by atoms with van der Waals surface area (Å²) >= 11 is 0. The van der Waals surface area contributed by atoms with Crippen molar-refractivity contribution in [3.63, 3.8) is 0 Å². The van der Waals surface area contributed by atoms with Crippen LogP contribution in [0, 0.1) is 0 Å². The number of ether oxygens (including phenoxy) is 1. The molecule has 7 heteroatoms. The van der Waals surface area contributed by atoms with Crippen LogP contribution in [0.2, 0.25) is 0 Å². The van der Waals surface area contributed by atoms with E-state index in [1.165, 1.54) is 4.90 Å². The quantitative estimate of drug-likeness (QED) is 0.291. The van der Waals surface area contributed by atoms with Gasteiger partial charge in [0, 0.05) is 30.8 Å². The van der Waals surface area contributed by atoms with Crippen molar-refractivity contribution in [1.29, 1.82) is 0 Å². The first kappa shape index (κ1) is 24.9. The molecule has 0 saturated heterocycles. The second-order valence-electron chi connectivity index (χ2n) is 8.86. The van der Waals surface area contributed by atoms with Gasteiger partial charge in [-0.15, -0.1) is 0 Å². The zero-order valence-electron chi connectivity index (χ0n) is 21.1. The highest BCUT2D eigenvalue weighted by Gasteiger charge is 2.21. The third kappa shape index (κ3) is 5.63. The molecule has 5 aromatic rings. The molecular weight excluding hydrogens is 476 g/mol. The number of benzene rings is 4. The van der Waals surface area contributed by atoms with Crippen LogP contribution < -0.4 is 5.32 Å². The highest BCUT2D eigenvalue weighted by molar-refractivity contribution is 6.01. The number of fused-ring (bicyclic) bond motifs is 1. The molecule has 0 aliphatic carbocycles. The summed E-state index contributed by atoms with van der Waals surface area (Å²) in [6.07, 6.45) is 0. The van der Waals surface area contributed by atoms with Crippen molar-refractivity contribution in [3.05, 3.63) is 115 Å². The minimum atomic E-state index is -0.327. The van der Waals surface area contributed by atoms with E-state index in [1.807, 2.05) is 103 Å². The van der Waals surface area contributed by atoms with Gasteiger partial charge in [0.15, 0.2) is 0 Å². The lowest BCUT2D eigenvalue weighted by atomic mass is 10.1. The number of para-hydroxylation sites is 1. The Morgan fingerprint density at radius 1 is 0.842 bits per heavy atom. The van der Waals surface area contributed by atoms with Crippen LogP contribution in [-0.2, 0) is 9.53 Å². The Morgan fingerprint density at radius 3 is 2.26 bits per heavy atom. The molecule has 4 aromatic carbocycles. The number of amides is 2. The number of carbonyl (C=O) groups is 2. The van der Waals surface area contributed by atoms with Crippen molar-refractivity contribution < 1.29 is 14.3 Å². The van der Waals surface area contributed by atoms with E-state index in [0.29, 0.717) is 18.0 Å². The maximum Gasteiger partial charge on any atom is 0.254 e. The second kappa shape index (κ2) is 11.5. The summed E-state index contributed by atoms with van der Waals surface area (Å²) in [7, 11) is 1.57. The number of nitrogens with one attached hydrogen (secondary N) is 1. The monoisotopic (exact) mass is 504 g/mol. The molecule has 0 unspecified atom stereocenters. The van der Waals surface area contributed by atoms with Crippen molar-refractivity contribution in [2.45, 2.75) is 0 Å². The van der Waals surface area contributed by atoms with Crippen LogP contribution in [0.1, 0.15) is 10.4 Å². The third-order valence-corrected chi connectivity index (χ3v) is 6.23. The molecule has 1 heterocycles. The van der Waals surface area contributed by atoms with Crippen LogP contribution >= 0.6 is 0 Å². The smallest absolute Gasteiger partial charge is 0.254 e. The maximum atomic E-state index is 13.4. The summed E-state index contributed by atoms with van der Waals surface area (Å²) in [4.78, 5) is 28.2. The fraction of sp³-hybridized carbons (Fsp3) is 0.129. The Bertz CT molecular complexity index is 1550. The maximum absolute atomic E-state index is 13.4. The molecule has 0 bridgehead atoms. The highest BCUT2D eigenvalue weighted by atomic mass is 16.5. The second-order valence-corrected chi connectivity index (χ2v) is 8.86. The van der Waals surface area contributed by atoms with Gasteiger partial charge < -0.3 is 15.0 Å². The van der Waals surface area contributed by atoms with Crippen LogP contribution in [0.15, 0.2) is 109 Å². The number of rotatable bonds is 9. The van der Waals surface area contributed by atoms with Gasteiger partial charge >= 0.3 is 0 Å². The fourth-order valence-electron chi connectivity index (χ4n) is 4.30. The number of aromatic nitrogens is 2. The zero-order valence-corrected chi connectivity index (χ0v) is 21.1. The van der Waals surface area contributed by atoms with Crippen LogP contribution in [0.25, 0.3) is 27.7 Å². The molecule has 0 saturated carbocycles. The van der Waals surface area contributed by atoms with Crippen molar-refractivity contribution in [2.24, 2.45) is 0 Å². The van der Waals surface area contributed by atoms with Crippen molar-refractivity contribution in [2.75, 3.05) is 32.1 Å². The number of anilines is 1. The summed E-state index contributed by atoms with van der Waals surface area (Å²) in [5.74, 6) is -0.0404. The standard InChI is InChI=1S/C31H28N4O3/c1-38-19-18-34(31(37)26-17-16-23-10-8-9-13-25(23)20-26)22-30(36)32-29-21-28(24-11-4-2-5-12-24)33-35(29)27-14-6-3-7-15-27/h2-17,20-21H,18-19,22H2,1H3,(H,32,36). The van der Waals surface area contributed by atoms with E-state index in [2.05, 4.69) is 5.32 Å². The van der Waals surface area contributed by atoms with Crippen LogP contribution in [0.4, 0.5) is 5.82 Å². The topological polar surface area (TPSA) is 76.5 Å². The average molecular weight is 505 g/mol. The van der Waals surface area contributed by atoms with Crippen molar-refractivity contribution >= 4 is 28.4 Å². The molecule has 0 aliphatic heterocycles. The molecule has 0 fully saturated rings. The van der Waals surface area contributed by atoms with Crippen LogP contribution in [0.5, 0.6) is 0 Å². The molecule has 0 atom stereocenters. The summed E-state index contributed by atoms with van der Waals surface area (Å²) in [6.45, 7) is 0.463. The number of hydrogen-bond donors (Lipinski definition) is 1. The van der Waals surface area contributed by atoms with E-state index in [0.717, 1.165) is 27.7 Å². The summed E-state index contributed by atoms with van der Waals surface area (Å²) < 4.78 is 6.92. The molecule has 5 rings (SSSR count). The Hall–Kier alpha value is -4.75. The molecule has 38 heavy (non-hydrogen) atoms. The normalized spacial score (nSPS) is 10.9. The molecule has 190 valence electrons. The molecule has 1 N–H and O–H groups in total. The summed E-state index contributed by atoms with van der Waals surface area (Å²) in [5, 5.41) is 9.73. The molecule has 7 nitrogen and oxygen atoms in total. The Morgan fingerprint density at radius 2 is 1.53 bits per heavy atom. The minimum absolute atomic E-state index is 0.129. The first-order valence-corrected chi connectivity index (χ1v) is 12.4. The third-order valence-electron chi connectivity index (χ3n) is 6.23. The average Bonchev–Trinajstić information content (AvgIpc) is 3.39. The van der Waals surface area contributed by atoms with E-state index in [4.69, 9.17) is 9.84 Å². The van der Waals surface area contributed by atoms with Gasteiger partial charge in [-0.3, -0.25) is 9.59 Å². The summed E-state index contributed by atoms with van der Waals surface area (Å²) in [6, 6.07) is 34.6. The van der Waals surface area contributed by atoms with Gasteiger partial charge in [0.05, 0.1) is 18.0 Å². The van der Waals surface area contributed by atoms with Gasteiger partial charge in [-0.25, -0.2) is 4.68 Å². The first-order chi connectivity index (χ1) is 18.6.